The second kappa shape index (κ2) is 9.69. The summed E-state index contributed by atoms with van der Waals surface area (Å²) >= 11 is 0. The molecule has 186 valence electrons. The number of benzene rings is 2. The largest absolute Gasteiger partial charge is 0.496 e. The number of rotatable bonds is 8. The van der Waals surface area contributed by atoms with Crippen molar-refractivity contribution < 1.29 is 27.5 Å². The number of amides is 4. The number of imide groups is 1. The minimum absolute atomic E-state index is 0.0103. The molecule has 2 aliphatic heterocycles. The Bertz CT molecular complexity index is 1230. The Hall–Kier alpha value is -3.40. The highest BCUT2D eigenvalue weighted by Crippen LogP contribution is 2.28. The van der Waals surface area contributed by atoms with Crippen LogP contribution in [-0.4, -0.2) is 72.8 Å². The van der Waals surface area contributed by atoms with Gasteiger partial charge in [-0.15, -0.1) is 0 Å². The van der Waals surface area contributed by atoms with Gasteiger partial charge in [0.1, 0.15) is 17.8 Å². The van der Waals surface area contributed by atoms with Gasteiger partial charge in [-0.3, -0.25) is 14.5 Å². The standard InChI is InChI=1S/C25H29N3O6S/c1-25(14-19-10-6-7-11-21(19)34-2)23(30)28(24(31)26-25)16-22(29)27(15-18-8-4-3-5-9-18)20-12-13-35(32,33)17-20/h3-11,20H,12-17H2,1-2H3,(H,26,31)/t20-,25+/m1/s1. The lowest BCUT2D eigenvalue weighted by atomic mass is 9.92. The molecule has 0 aromatic heterocycles. The lowest BCUT2D eigenvalue weighted by Gasteiger charge is -2.30. The Labute approximate surface area is 205 Å². The summed E-state index contributed by atoms with van der Waals surface area (Å²) in [6.07, 6.45) is 0.521. The predicted octanol–water partition coefficient (Wildman–Crippen LogP) is 1.76. The van der Waals surface area contributed by atoms with Crippen LogP contribution >= 0.6 is 0 Å². The number of carbonyl (C=O) groups excluding carboxylic acids is 3. The molecule has 0 aliphatic carbocycles. The third-order valence-electron chi connectivity index (χ3n) is 6.54. The van der Waals surface area contributed by atoms with Gasteiger partial charge in [0.2, 0.25) is 5.91 Å². The maximum Gasteiger partial charge on any atom is 0.325 e. The minimum atomic E-state index is -3.24. The summed E-state index contributed by atoms with van der Waals surface area (Å²) < 4.78 is 29.6. The Balaban J connectivity index is 1.53. The van der Waals surface area contributed by atoms with Crippen LogP contribution in [0.3, 0.4) is 0 Å². The van der Waals surface area contributed by atoms with E-state index in [0.717, 1.165) is 16.0 Å². The van der Waals surface area contributed by atoms with E-state index in [1.54, 1.807) is 13.0 Å². The van der Waals surface area contributed by atoms with Gasteiger partial charge in [0, 0.05) is 19.0 Å². The first-order valence-electron chi connectivity index (χ1n) is 11.4. The zero-order valence-corrected chi connectivity index (χ0v) is 20.6. The van der Waals surface area contributed by atoms with E-state index in [9.17, 15) is 22.8 Å². The Morgan fingerprint density at radius 1 is 1.14 bits per heavy atom. The zero-order chi connectivity index (χ0) is 25.2. The smallest absolute Gasteiger partial charge is 0.325 e. The quantitative estimate of drug-likeness (QED) is 0.554. The molecule has 1 N–H and O–H groups in total. The predicted molar refractivity (Wildman–Crippen MR) is 129 cm³/mol. The molecule has 0 unspecified atom stereocenters. The van der Waals surface area contributed by atoms with Crippen molar-refractivity contribution in [2.75, 3.05) is 25.2 Å². The average Bonchev–Trinajstić information content (AvgIpc) is 3.29. The summed E-state index contributed by atoms with van der Waals surface area (Å²) in [4.78, 5) is 41.9. The molecule has 2 aromatic rings. The molecule has 2 aliphatic rings. The van der Waals surface area contributed by atoms with Gasteiger partial charge in [-0.2, -0.15) is 0 Å². The third-order valence-corrected chi connectivity index (χ3v) is 8.29. The number of hydrogen-bond acceptors (Lipinski definition) is 6. The number of urea groups is 1. The van der Waals surface area contributed by atoms with Gasteiger partial charge in [-0.25, -0.2) is 13.2 Å². The molecule has 0 bridgehead atoms. The van der Waals surface area contributed by atoms with E-state index in [0.29, 0.717) is 12.2 Å². The first-order valence-corrected chi connectivity index (χ1v) is 13.2. The molecule has 9 nitrogen and oxygen atoms in total. The molecule has 4 amide bonds. The van der Waals surface area contributed by atoms with Crippen molar-refractivity contribution in [3.8, 4) is 5.75 Å². The second-order valence-electron chi connectivity index (χ2n) is 9.21. The van der Waals surface area contributed by atoms with Gasteiger partial charge < -0.3 is 15.0 Å². The van der Waals surface area contributed by atoms with Gasteiger partial charge in [0.15, 0.2) is 9.84 Å². The summed E-state index contributed by atoms with van der Waals surface area (Å²) in [7, 11) is -1.71. The molecule has 0 radical (unpaired) electrons. The molecule has 2 fully saturated rings. The number of para-hydroxylation sites is 1. The van der Waals surface area contributed by atoms with E-state index >= 15 is 0 Å². The highest BCUT2D eigenvalue weighted by atomic mass is 32.2. The Morgan fingerprint density at radius 3 is 2.49 bits per heavy atom. The number of sulfone groups is 1. The van der Waals surface area contributed by atoms with E-state index in [1.807, 2.05) is 48.5 Å². The first kappa shape index (κ1) is 24.7. The number of nitrogens with zero attached hydrogens (tertiary/aromatic N) is 2. The van der Waals surface area contributed by atoms with Gasteiger partial charge in [-0.1, -0.05) is 48.5 Å². The maximum atomic E-state index is 13.4. The number of hydrogen-bond donors (Lipinski definition) is 1. The molecule has 2 atom stereocenters. The topological polar surface area (TPSA) is 113 Å². The van der Waals surface area contributed by atoms with Gasteiger partial charge in [0.25, 0.3) is 5.91 Å². The van der Waals surface area contributed by atoms with E-state index < -0.39 is 45.8 Å². The highest BCUT2D eigenvalue weighted by Gasteiger charge is 2.49. The molecule has 4 rings (SSSR count). The number of nitrogens with one attached hydrogen (secondary N) is 1. The van der Waals surface area contributed by atoms with Crippen LogP contribution < -0.4 is 10.1 Å². The summed E-state index contributed by atoms with van der Waals surface area (Å²) in [6, 6.07) is 15.3. The summed E-state index contributed by atoms with van der Waals surface area (Å²) in [6.45, 7) is 1.35. The summed E-state index contributed by atoms with van der Waals surface area (Å²) in [5.74, 6) is -0.503. The Kier molecular flexibility index (Phi) is 6.84. The third kappa shape index (κ3) is 5.32. The zero-order valence-electron chi connectivity index (χ0n) is 19.8. The SMILES string of the molecule is COc1ccccc1C[C@]1(C)NC(=O)N(CC(=O)N(Cc2ccccc2)[C@@H]2CCS(=O)(=O)C2)C1=O. The monoisotopic (exact) mass is 499 g/mol. The van der Waals surface area contributed by atoms with Crippen molar-refractivity contribution >= 4 is 27.7 Å². The van der Waals surface area contributed by atoms with Crippen LogP contribution in [0.2, 0.25) is 0 Å². The van der Waals surface area contributed by atoms with Crippen molar-refractivity contribution in [3.63, 3.8) is 0 Å². The van der Waals surface area contributed by atoms with Gasteiger partial charge >= 0.3 is 6.03 Å². The molecule has 2 aromatic carbocycles. The van der Waals surface area contributed by atoms with Crippen LogP contribution in [0.25, 0.3) is 0 Å². The van der Waals surface area contributed by atoms with E-state index in [4.69, 9.17) is 4.74 Å². The van der Waals surface area contributed by atoms with Crippen molar-refractivity contribution in [2.45, 2.75) is 37.9 Å². The van der Waals surface area contributed by atoms with E-state index in [1.165, 1.54) is 12.0 Å². The second-order valence-corrected chi connectivity index (χ2v) is 11.4. The van der Waals surface area contributed by atoms with Crippen molar-refractivity contribution in [3.05, 3.63) is 65.7 Å². The van der Waals surface area contributed by atoms with Crippen LogP contribution in [0, 0.1) is 0 Å². The minimum Gasteiger partial charge on any atom is -0.496 e. The van der Waals surface area contributed by atoms with E-state index in [2.05, 4.69) is 5.32 Å². The molecule has 0 spiro atoms. The molecule has 2 saturated heterocycles. The van der Waals surface area contributed by atoms with Crippen LogP contribution in [0.15, 0.2) is 54.6 Å². The Morgan fingerprint density at radius 2 is 1.83 bits per heavy atom. The summed E-state index contributed by atoms with van der Waals surface area (Å²) in [5.41, 5.74) is 0.344. The fraction of sp³-hybridized carbons (Fsp3) is 0.400. The number of methoxy groups -OCH3 is 1. The molecular weight excluding hydrogens is 470 g/mol. The number of carbonyl (C=O) groups is 3. The van der Waals surface area contributed by atoms with Crippen LogP contribution in [-0.2, 0) is 32.4 Å². The first-order chi connectivity index (χ1) is 16.6. The van der Waals surface area contributed by atoms with Crippen molar-refractivity contribution in [1.29, 1.82) is 0 Å². The van der Waals surface area contributed by atoms with Crippen LogP contribution in [0.1, 0.15) is 24.5 Å². The van der Waals surface area contributed by atoms with E-state index in [-0.39, 0.29) is 24.5 Å². The molecule has 2 heterocycles. The van der Waals surface area contributed by atoms with Crippen LogP contribution in [0.4, 0.5) is 4.79 Å². The van der Waals surface area contributed by atoms with Crippen molar-refractivity contribution in [2.24, 2.45) is 0 Å². The average molecular weight is 500 g/mol. The number of ether oxygens (including phenoxy) is 1. The van der Waals surface area contributed by atoms with Crippen LogP contribution in [0.5, 0.6) is 5.75 Å². The molecule has 35 heavy (non-hydrogen) atoms. The van der Waals surface area contributed by atoms with Gasteiger partial charge in [-0.05, 0) is 30.5 Å². The lowest BCUT2D eigenvalue weighted by molar-refractivity contribution is -0.140. The van der Waals surface area contributed by atoms with Crippen molar-refractivity contribution in [1.82, 2.24) is 15.1 Å². The lowest BCUT2D eigenvalue weighted by Crippen LogP contribution is -2.49. The maximum absolute atomic E-state index is 13.4. The highest BCUT2D eigenvalue weighted by molar-refractivity contribution is 7.91. The van der Waals surface area contributed by atoms with Gasteiger partial charge in [0.05, 0.1) is 18.6 Å². The molecular formula is C25H29N3O6S. The molecule has 10 heteroatoms. The summed E-state index contributed by atoms with van der Waals surface area (Å²) in [5, 5.41) is 2.72. The normalized spacial score (nSPS) is 23.3. The molecule has 0 saturated carbocycles. The fourth-order valence-electron chi connectivity index (χ4n) is 4.69. The fourth-order valence-corrected chi connectivity index (χ4v) is 6.42.